The third-order valence-corrected chi connectivity index (χ3v) is 4.27. The number of aryl methyl sites for hydroxylation is 1. The molecule has 8 heteroatoms. The van der Waals surface area contributed by atoms with Gasteiger partial charge in [-0.15, -0.1) is 0 Å². The minimum Gasteiger partial charge on any atom is -0.338 e. The number of hydrogen-bond acceptors (Lipinski definition) is 2. The van der Waals surface area contributed by atoms with E-state index in [1.807, 2.05) is 26.0 Å². The van der Waals surface area contributed by atoms with E-state index in [4.69, 9.17) is 0 Å². The zero-order valence-electron chi connectivity index (χ0n) is 15.6. The summed E-state index contributed by atoms with van der Waals surface area (Å²) < 4.78 is 37.5. The fourth-order valence-corrected chi connectivity index (χ4v) is 2.48. The lowest BCUT2D eigenvalue weighted by molar-refractivity contribution is -0.137. The van der Waals surface area contributed by atoms with Gasteiger partial charge < -0.3 is 16.0 Å². The zero-order chi connectivity index (χ0) is 20.7. The second-order valence-electron chi connectivity index (χ2n) is 6.35. The molecule has 0 spiro atoms. The van der Waals surface area contributed by atoms with E-state index in [1.54, 1.807) is 6.07 Å². The number of urea groups is 1. The number of benzene rings is 2. The average Bonchev–Trinajstić information content (AvgIpc) is 2.63. The number of amides is 3. The number of carbonyl (C=O) groups excluding carboxylic acids is 2. The first kappa shape index (κ1) is 21.3. The summed E-state index contributed by atoms with van der Waals surface area (Å²) in [6.45, 7) is 3.87. The Morgan fingerprint density at radius 2 is 1.64 bits per heavy atom. The lowest BCUT2D eigenvalue weighted by atomic mass is 10.1. The normalized spacial score (nSPS) is 11.0. The molecule has 0 heterocycles. The largest absolute Gasteiger partial charge is 0.416 e. The van der Waals surface area contributed by atoms with Crippen molar-refractivity contribution in [2.75, 3.05) is 18.4 Å². The molecule has 0 fully saturated rings. The number of hydrogen-bond donors (Lipinski definition) is 3. The summed E-state index contributed by atoms with van der Waals surface area (Å²) in [5.41, 5.74) is 2.65. The minimum atomic E-state index is -4.37. The van der Waals surface area contributed by atoms with Crippen molar-refractivity contribution in [3.05, 3.63) is 64.7 Å². The van der Waals surface area contributed by atoms with Crippen molar-refractivity contribution in [1.82, 2.24) is 10.6 Å². The third-order valence-electron chi connectivity index (χ3n) is 4.27. The van der Waals surface area contributed by atoms with E-state index in [1.165, 1.54) is 12.1 Å². The topological polar surface area (TPSA) is 70.2 Å². The molecular weight excluding hydrogens is 371 g/mol. The first-order valence-electron chi connectivity index (χ1n) is 8.70. The maximum absolute atomic E-state index is 12.5. The van der Waals surface area contributed by atoms with Gasteiger partial charge >= 0.3 is 12.2 Å². The van der Waals surface area contributed by atoms with E-state index in [-0.39, 0.29) is 19.0 Å². The molecular formula is C20H22F3N3O2. The molecule has 0 unspecified atom stereocenters. The molecule has 3 N–H and O–H groups in total. The number of halogens is 3. The Bertz CT molecular complexity index is 834. The molecule has 0 aliphatic rings. The van der Waals surface area contributed by atoms with E-state index in [2.05, 4.69) is 16.0 Å². The van der Waals surface area contributed by atoms with E-state index < -0.39 is 17.8 Å². The smallest absolute Gasteiger partial charge is 0.338 e. The van der Waals surface area contributed by atoms with Gasteiger partial charge in [0.1, 0.15) is 0 Å². The van der Waals surface area contributed by atoms with Crippen LogP contribution in [0.1, 0.15) is 22.3 Å². The van der Waals surface area contributed by atoms with Crippen LogP contribution in [0.15, 0.2) is 42.5 Å². The SMILES string of the molecule is Cc1cccc(NC(=O)CNC(=O)NCCc2ccc(C(F)(F)F)cc2)c1C. The third kappa shape index (κ3) is 6.29. The van der Waals surface area contributed by atoms with Gasteiger partial charge in [-0.05, 0) is 55.2 Å². The van der Waals surface area contributed by atoms with E-state index in [9.17, 15) is 22.8 Å². The summed E-state index contributed by atoms with van der Waals surface area (Å²) in [5.74, 6) is -0.355. The Morgan fingerprint density at radius 1 is 0.964 bits per heavy atom. The van der Waals surface area contributed by atoms with Gasteiger partial charge in [0.2, 0.25) is 5.91 Å². The summed E-state index contributed by atoms with van der Waals surface area (Å²) in [4.78, 5) is 23.7. The van der Waals surface area contributed by atoms with Crippen LogP contribution in [0.25, 0.3) is 0 Å². The van der Waals surface area contributed by atoms with Crippen LogP contribution in [0.2, 0.25) is 0 Å². The molecule has 2 rings (SSSR count). The van der Waals surface area contributed by atoms with Gasteiger partial charge in [-0.1, -0.05) is 24.3 Å². The van der Waals surface area contributed by atoms with Crippen molar-refractivity contribution in [2.45, 2.75) is 26.4 Å². The van der Waals surface area contributed by atoms with Gasteiger partial charge in [-0.2, -0.15) is 13.2 Å². The number of carbonyl (C=O) groups is 2. The second-order valence-corrected chi connectivity index (χ2v) is 6.35. The molecule has 5 nitrogen and oxygen atoms in total. The molecule has 28 heavy (non-hydrogen) atoms. The highest BCUT2D eigenvalue weighted by molar-refractivity contribution is 5.95. The second kappa shape index (κ2) is 9.25. The fraction of sp³-hybridized carbons (Fsp3) is 0.300. The standard InChI is InChI=1S/C20H22F3N3O2/c1-13-4-3-5-17(14(13)2)26-18(27)12-25-19(28)24-11-10-15-6-8-16(9-7-15)20(21,22)23/h3-9H,10-12H2,1-2H3,(H,26,27)(H2,24,25,28). The van der Waals surface area contributed by atoms with Crippen LogP contribution >= 0.6 is 0 Å². The summed E-state index contributed by atoms with van der Waals surface area (Å²) in [7, 11) is 0. The van der Waals surface area contributed by atoms with Crippen LogP contribution < -0.4 is 16.0 Å². The number of anilines is 1. The Balaban J connectivity index is 1.71. The zero-order valence-corrected chi connectivity index (χ0v) is 15.6. The van der Waals surface area contributed by atoms with E-state index >= 15 is 0 Å². The number of alkyl halides is 3. The molecule has 0 radical (unpaired) electrons. The molecule has 2 aromatic rings. The molecule has 0 aromatic heterocycles. The van der Waals surface area contributed by atoms with Crippen molar-refractivity contribution in [2.24, 2.45) is 0 Å². The molecule has 3 amide bonds. The predicted molar refractivity (Wildman–Crippen MR) is 101 cm³/mol. The Hall–Kier alpha value is -3.03. The monoisotopic (exact) mass is 393 g/mol. The summed E-state index contributed by atoms with van der Waals surface area (Å²) >= 11 is 0. The summed E-state index contributed by atoms with van der Waals surface area (Å²) in [5, 5.41) is 7.74. The lowest BCUT2D eigenvalue weighted by Crippen LogP contribution is -2.40. The fourth-order valence-electron chi connectivity index (χ4n) is 2.48. The first-order chi connectivity index (χ1) is 13.2. The molecule has 0 saturated carbocycles. The maximum Gasteiger partial charge on any atom is 0.416 e. The van der Waals surface area contributed by atoms with Crippen molar-refractivity contribution >= 4 is 17.6 Å². The number of rotatable bonds is 6. The van der Waals surface area contributed by atoms with Crippen LogP contribution in [-0.4, -0.2) is 25.0 Å². The minimum absolute atomic E-state index is 0.195. The molecule has 0 saturated heterocycles. The van der Waals surface area contributed by atoms with Crippen LogP contribution in [0, 0.1) is 13.8 Å². The molecule has 2 aromatic carbocycles. The molecule has 0 aliphatic heterocycles. The Labute approximate surface area is 161 Å². The van der Waals surface area contributed by atoms with Crippen molar-refractivity contribution in [1.29, 1.82) is 0 Å². The van der Waals surface area contributed by atoms with E-state index in [0.717, 1.165) is 23.3 Å². The number of nitrogens with one attached hydrogen (secondary N) is 3. The van der Waals surface area contributed by atoms with Gasteiger partial charge in [0.05, 0.1) is 12.1 Å². The highest BCUT2D eigenvalue weighted by Gasteiger charge is 2.29. The quantitative estimate of drug-likeness (QED) is 0.699. The van der Waals surface area contributed by atoms with Crippen LogP contribution in [0.3, 0.4) is 0 Å². The van der Waals surface area contributed by atoms with Gasteiger partial charge in [0, 0.05) is 12.2 Å². The Morgan fingerprint density at radius 3 is 2.29 bits per heavy atom. The van der Waals surface area contributed by atoms with Crippen LogP contribution in [-0.2, 0) is 17.4 Å². The van der Waals surface area contributed by atoms with Gasteiger partial charge in [0.15, 0.2) is 0 Å². The van der Waals surface area contributed by atoms with Crippen molar-refractivity contribution in [3.8, 4) is 0 Å². The van der Waals surface area contributed by atoms with E-state index in [0.29, 0.717) is 17.7 Å². The lowest BCUT2D eigenvalue weighted by Gasteiger charge is -2.11. The van der Waals surface area contributed by atoms with Gasteiger partial charge in [0.25, 0.3) is 0 Å². The Kier molecular flexibility index (Phi) is 7.03. The van der Waals surface area contributed by atoms with Crippen LogP contribution in [0.4, 0.5) is 23.7 Å². The first-order valence-corrected chi connectivity index (χ1v) is 8.70. The molecule has 0 aliphatic carbocycles. The molecule has 150 valence electrons. The summed E-state index contributed by atoms with van der Waals surface area (Å²) in [6, 6.07) is 9.79. The van der Waals surface area contributed by atoms with Crippen LogP contribution in [0.5, 0.6) is 0 Å². The maximum atomic E-state index is 12.5. The van der Waals surface area contributed by atoms with Crippen molar-refractivity contribution in [3.63, 3.8) is 0 Å². The van der Waals surface area contributed by atoms with Gasteiger partial charge in [-0.25, -0.2) is 4.79 Å². The predicted octanol–water partition coefficient (Wildman–Crippen LogP) is 3.80. The molecule has 0 atom stereocenters. The summed E-state index contributed by atoms with van der Waals surface area (Å²) in [6.07, 6.45) is -3.99. The van der Waals surface area contributed by atoms with Crippen molar-refractivity contribution < 1.29 is 22.8 Å². The highest BCUT2D eigenvalue weighted by Crippen LogP contribution is 2.29. The highest BCUT2D eigenvalue weighted by atomic mass is 19.4. The average molecular weight is 393 g/mol. The molecule has 0 bridgehead atoms. The van der Waals surface area contributed by atoms with Gasteiger partial charge in [-0.3, -0.25) is 4.79 Å².